The standard InChI is InChI=1S/C16H21N2/c1-11-12(2)18-15(17(11)5)10-13-8-6-7-9-14(13)16(18,3)4/h6-9H,10H2,1-5H3/q+1. The topological polar surface area (TPSA) is 8.81 Å². The van der Waals surface area contributed by atoms with Gasteiger partial charge in [-0.2, -0.15) is 0 Å². The van der Waals surface area contributed by atoms with Crippen LogP contribution in [0.4, 0.5) is 0 Å². The van der Waals surface area contributed by atoms with Crippen LogP contribution in [-0.4, -0.2) is 4.57 Å². The van der Waals surface area contributed by atoms with Crippen LogP contribution in [0.15, 0.2) is 24.3 Å². The van der Waals surface area contributed by atoms with E-state index in [2.05, 4.69) is 68.1 Å². The number of aromatic nitrogens is 2. The fraction of sp³-hybridized carbons (Fsp3) is 0.438. The number of hydrogen-bond acceptors (Lipinski definition) is 0. The van der Waals surface area contributed by atoms with Crippen LogP contribution in [-0.2, 0) is 19.0 Å². The van der Waals surface area contributed by atoms with Crippen molar-refractivity contribution in [3.8, 4) is 0 Å². The molecule has 2 nitrogen and oxygen atoms in total. The summed E-state index contributed by atoms with van der Waals surface area (Å²) >= 11 is 0. The Bertz CT molecular complexity index is 633. The zero-order chi connectivity index (χ0) is 13.1. The molecule has 0 fully saturated rings. The first-order valence-corrected chi connectivity index (χ1v) is 6.60. The van der Waals surface area contributed by atoms with Gasteiger partial charge in [0.1, 0.15) is 16.9 Å². The van der Waals surface area contributed by atoms with Crippen LogP contribution in [0.2, 0.25) is 0 Å². The van der Waals surface area contributed by atoms with Gasteiger partial charge < -0.3 is 0 Å². The predicted molar refractivity (Wildman–Crippen MR) is 72.8 cm³/mol. The van der Waals surface area contributed by atoms with Crippen LogP contribution in [0.3, 0.4) is 0 Å². The molecular formula is C16H21N2+. The lowest BCUT2D eigenvalue weighted by Crippen LogP contribution is -2.42. The summed E-state index contributed by atoms with van der Waals surface area (Å²) in [5, 5.41) is 0. The molecule has 0 bridgehead atoms. The Morgan fingerprint density at radius 2 is 1.83 bits per heavy atom. The zero-order valence-electron chi connectivity index (χ0n) is 11.9. The molecule has 94 valence electrons. The van der Waals surface area contributed by atoms with Crippen LogP contribution < -0.4 is 4.57 Å². The molecule has 0 N–H and O–H groups in total. The first kappa shape index (κ1) is 11.5. The van der Waals surface area contributed by atoms with Crippen LogP contribution in [0.25, 0.3) is 0 Å². The molecule has 0 amide bonds. The van der Waals surface area contributed by atoms with Gasteiger partial charge in [-0.25, -0.2) is 9.13 Å². The molecule has 0 saturated heterocycles. The first-order valence-electron chi connectivity index (χ1n) is 6.60. The highest BCUT2D eigenvalue weighted by Gasteiger charge is 2.41. The third kappa shape index (κ3) is 1.26. The normalized spacial score (nSPS) is 16.3. The summed E-state index contributed by atoms with van der Waals surface area (Å²) in [5.74, 6) is 1.41. The molecule has 0 atom stereocenters. The molecule has 18 heavy (non-hydrogen) atoms. The lowest BCUT2D eigenvalue weighted by atomic mass is 9.85. The molecule has 1 aromatic carbocycles. The summed E-state index contributed by atoms with van der Waals surface area (Å²) in [4.78, 5) is 0. The second-order valence-corrected chi connectivity index (χ2v) is 5.87. The van der Waals surface area contributed by atoms with Crippen molar-refractivity contribution in [1.82, 2.24) is 4.57 Å². The van der Waals surface area contributed by atoms with Gasteiger partial charge in [0.25, 0.3) is 5.82 Å². The lowest BCUT2D eigenvalue weighted by molar-refractivity contribution is -0.684. The number of fused-ring (bicyclic) bond motifs is 2. The van der Waals surface area contributed by atoms with E-state index in [4.69, 9.17) is 0 Å². The SMILES string of the molecule is Cc1c(C)[n+](C)c2n1C(C)(C)c1ccccc1C2. The molecule has 1 aliphatic heterocycles. The highest BCUT2D eigenvalue weighted by Crippen LogP contribution is 2.36. The minimum atomic E-state index is 0.0419. The monoisotopic (exact) mass is 241 g/mol. The Morgan fingerprint density at radius 1 is 1.17 bits per heavy atom. The molecule has 2 heterocycles. The fourth-order valence-corrected chi connectivity index (χ4v) is 3.44. The van der Waals surface area contributed by atoms with Gasteiger partial charge in [0.2, 0.25) is 0 Å². The summed E-state index contributed by atoms with van der Waals surface area (Å²) in [6.07, 6.45) is 1.03. The van der Waals surface area contributed by atoms with E-state index < -0.39 is 0 Å². The highest BCUT2D eigenvalue weighted by molar-refractivity contribution is 5.39. The van der Waals surface area contributed by atoms with Crippen molar-refractivity contribution in [3.05, 3.63) is 52.6 Å². The average Bonchev–Trinajstić information content (AvgIpc) is 2.55. The first-order chi connectivity index (χ1) is 8.44. The van der Waals surface area contributed by atoms with E-state index in [1.165, 1.54) is 28.3 Å². The fourth-order valence-electron chi connectivity index (χ4n) is 3.44. The van der Waals surface area contributed by atoms with E-state index in [1.807, 2.05) is 0 Å². The van der Waals surface area contributed by atoms with E-state index >= 15 is 0 Å². The maximum atomic E-state index is 2.50. The van der Waals surface area contributed by atoms with Gasteiger partial charge in [0, 0.05) is 19.4 Å². The van der Waals surface area contributed by atoms with Gasteiger partial charge in [-0.1, -0.05) is 24.3 Å². The smallest absolute Gasteiger partial charge is 0.234 e. The summed E-state index contributed by atoms with van der Waals surface area (Å²) in [6, 6.07) is 8.83. The molecule has 0 aliphatic carbocycles. The number of hydrogen-bond donors (Lipinski definition) is 0. The summed E-state index contributed by atoms with van der Waals surface area (Å²) < 4.78 is 4.84. The molecule has 0 saturated carbocycles. The van der Waals surface area contributed by atoms with Gasteiger partial charge in [-0.3, -0.25) is 0 Å². The van der Waals surface area contributed by atoms with E-state index in [9.17, 15) is 0 Å². The minimum absolute atomic E-state index is 0.0419. The molecular weight excluding hydrogens is 220 g/mol. The Kier molecular flexibility index (Phi) is 2.22. The third-order valence-electron chi connectivity index (χ3n) is 4.59. The number of imidazole rings is 1. The summed E-state index contributed by atoms with van der Waals surface area (Å²) in [7, 11) is 2.18. The predicted octanol–water partition coefficient (Wildman–Crippen LogP) is 2.62. The largest absolute Gasteiger partial charge is 0.261 e. The molecule has 0 unspecified atom stereocenters. The Labute approximate surface area is 109 Å². The Hall–Kier alpha value is -1.57. The molecule has 0 spiro atoms. The maximum absolute atomic E-state index is 2.50. The van der Waals surface area contributed by atoms with E-state index in [1.54, 1.807) is 0 Å². The molecule has 3 rings (SSSR count). The molecule has 2 heteroatoms. The molecule has 0 radical (unpaired) electrons. The van der Waals surface area contributed by atoms with Gasteiger partial charge in [0.15, 0.2) is 0 Å². The molecule has 1 aromatic heterocycles. The number of rotatable bonds is 0. The highest BCUT2D eigenvalue weighted by atomic mass is 15.2. The second kappa shape index (κ2) is 3.47. The van der Waals surface area contributed by atoms with Crippen molar-refractivity contribution in [2.24, 2.45) is 7.05 Å². The van der Waals surface area contributed by atoms with Crippen LogP contribution >= 0.6 is 0 Å². The van der Waals surface area contributed by atoms with Crippen molar-refractivity contribution in [3.63, 3.8) is 0 Å². The van der Waals surface area contributed by atoms with Crippen molar-refractivity contribution in [1.29, 1.82) is 0 Å². The number of benzene rings is 1. The van der Waals surface area contributed by atoms with Crippen LogP contribution in [0.5, 0.6) is 0 Å². The minimum Gasteiger partial charge on any atom is -0.234 e. The van der Waals surface area contributed by atoms with Gasteiger partial charge in [-0.05, 0) is 19.4 Å². The van der Waals surface area contributed by atoms with Crippen molar-refractivity contribution in [2.45, 2.75) is 39.7 Å². The van der Waals surface area contributed by atoms with E-state index in [0.29, 0.717) is 0 Å². The summed E-state index contributed by atoms with van der Waals surface area (Å²) in [6.45, 7) is 9.08. The zero-order valence-corrected chi connectivity index (χ0v) is 11.9. The van der Waals surface area contributed by atoms with Gasteiger partial charge in [-0.15, -0.1) is 0 Å². The van der Waals surface area contributed by atoms with Crippen molar-refractivity contribution < 1.29 is 4.57 Å². The lowest BCUT2D eigenvalue weighted by Gasteiger charge is -2.30. The van der Waals surface area contributed by atoms with Crippen LogP contribution in [0.1, 0.15) is 42.2 Å². The van der Waals surface area contributed by atoms with E-state index in [-0.39, 0.29) is 5.54 Å². The maximum Gasteiger partial charge on any atom is 0.261 e. The Balaban J connectivity index is 2.35. The van der Waals surface area contributed by atoms with Gasteiger partial charge in [0.05, 0.1) is 13.5 Å². The second-order valence-electron chi connectivity index (χ2n) is 5.87. The summed E-state index contributed by atoms with van der Waals surface area (Å²) in [5.41, 5.74) is 5.71. The van der Waals surface area contributed by atoms with Crippen molar-refractivity contribution in [2.75, 3.05) is 0 Å². The Morgan fingerprint density at radius 3 is 2.56 bits per heavy atom. The third-order valence-corrected chi connectivity index (χ3v) is 4.59. The molecule has 1 aliphatic rings. The molecule has 2 aromatic rings. The average molecular weight is 241 g/mol. The van der Waals surface area contributed by atoms with E-state index in [0.717, 1.165) is 6.42 Å². The van der Waals surface area contributed by atoms with Crippen molar-refractivity contribution >= 4 is 0 Å². The van der Waals surface area contributed by atoms with Gasteiger partial charge >= 0.3 is 0 Å². The van der Waals surface area contributed by atoms with Crippen LogP contribution in [0, 0.1) is 13.8 Å². The number of nitrogens with zero attached hydrogens (tertiary/aromatic N) is 2. The quantitative estimate of drug-likeness (QED) is 0.627.